The molecule has 0 aromatic heterocycles. The standard InChI is InChI=1S/C13H24N2O/c1-9(10-5-6-10)8-15-13(16)12-4-2-3-11(12)7-14/h9-12H,2-8,14H2,1H3,(H,15,16). The van der Waals surface area contributed by atoms with Crippen molar-refractivity contribution in [1.29, 1.82) is 0 Å². The molecular weight excluding hydrogens is 200 g/mol. The summed E-state index contributed by atoms with van der Waals surface area (Å²) in [5, 5.41) is 3.12. The minimum atomic E-state index is 0.191. The first-order valence-electron chi connectivity index (χ1n) is 6.70. The van der Waals surface area contributed by atoms with Crippen molar-refractivity contribution in [1.82, 2.24) is 5.32 Å². The quantitative estimate of drug-likeness (QED) is 0.744. The van der Waals surface area contributed by atoms with Crippen molar-refractivity contribution in [3.63, 3.8) is 0 Å². The molecule has 0 heterocycles. The molecule has 2 saturated carbocycles. The van der Waals surface area contributed by atoms with Gasteiger partial charge in [-0.25, -0.2) is 0 Å². The van der Waals surface area contributed by atoms with Crippen LogP contribution in [0.3, 0.4) is 0 Å². The summed E-state index contributed by atoms with van der Waals surface area (Å²) in [6.45, 7) is 3.76. The molecule has 92 valence electrons. The van der Waals surface area contributed by atoms with Crippen LogP contribution in [-0.2, 0) is 4.79 Å². The molecule has 1 amide bonds. The summed E-state index contributed by atoms with van der Waals surface area (Å²) in [6.07, 6.45) is 6.04. The lowest BCUT2D eigenvalue weighted by molar-refractivity contribution is -0.126. The number of nitrogens with one attached hydrogen (secondary N) is 1. The van der Waals surface area contributed by atoms with E-state index in [4.69, 9.17) is 5.73 Å². The first-order valence-corrected chi connectivity index (χ1v) is 6.70. The van der Waals surface area contributed by atoms with Crippen LogP contribution in [0.1, 0.15) is 39.0 Å². The first-order chi connectivity index (χ1) is 7.72. The Labute approximate surface area is 98.2 Å². The summed E-state index contributed by atoms with van der Waals surface area (Å²) >= 11 is 0. The van der Waals surface area contributed by atoms with E-state index in [0.717, 1.165) is 31.7 Å². The summed E-state index contributed by atoms with van der Waals surface area (Å²) in [6, 6.07) is 0. The van der Waals surface area contributed by atoms with E-state index < -0.39 is 0 Å². The number of amides is 1. The van der Waals surface area contributed by atoms with Crippen LogP contribution < -0.4 is 11.1 Å². The van der Waals surface area contributed by atoms with Crippen LogP contribution in [0.2, 0.25) is 0 Å². The third kappa shape index (κ3) is 2.76. The zero-order chi connectivity index (χ0) is 11.5. The molecule has 2 aliphatic rings. The molecule has 0 aromatic rings. The number of nitrogens with two attached hydrogens (primary N) is 1. The van der Waals surface area contributed by atoms with E-state index >= 15 is 0 Å². The second-order valence-corrected chi connectivity index (χ2v) is 5.59. The molecular formula is C13H24N2O. The maximum absolute atomic E-state index is 12.0. The van der Waals surface area contributed by atoms with E-state index in [1.54, 1.807) is 0 Å². The summed E-state index contributed by atoms with van der Waals surface area (Å²) in [5.74, 6) is 2.39. The minimum Gasteiger partial charge on any atom is -0.356 e. The summed E-state index contributed by atoms with van der Waals surface area (Å²) in [5.41, 5.74) is 5.70. The average molecular weight is 224 g/mol. The lowest BCUT2D eigenvalue weighted by atomic mass is 9.95. The van der Waals surface area contributed by atoms with Gasteiger partial charge in [-0.15, -0.1) is 0 Å². The Kier molecular flexibility index (Phi) is 3.85. The van der Waals surface area contributed by atoms with Crippen molar-refractivity contribution in [2.45, 2.75) is 39.0 Å². The summed E-state index contributed by atoms with van der Waals surface area (Å²) in [4.78, 5) is 12.0. The predicted octanol–water partition coefficient (Wildman–Crippen LogP) is 1.52. The fraction of sp³-hybridized carbons (Fsp3) is 0.923. The molecule has 2 aliphatic carbocycles. The highest BCUT2D eigenvalue weighted by Crippen LogP contribution is 2.36. The molecule has 2 rings (SSSR count). The zero-order valence-corrected chi connectivity index (χ0v) is 10.2. The Hall–Kier alpha value is -0.570. The molecule has 0 bridgehead atoms. The van der Waals surface area contributed by atoms with Crippen LogP contribution in [0.4, 0.5) is 0 Å². The van der Waals surface area contributed by atoms with Crippen LogP contribution in [0.5, 0.6) is 0 Å². The van der Waals surface area contributed by atoms with Gasteiger partial charge >= 0.3 is 0 Å². The lowest BCUT2D eigenvalue weighted by Crippen LogP contribution is -2.37. The Balaban J connectivity index is 1.73. The second-order valence-electron chi connectivity index (χ2n) is 5.59. The Morgan fingerprint density at radius 2 is 2.12 bits per heavy atom. The maximum Gasteiger partial charge on any atom is 0.223 e. The van der Waals surface area contributed by atoms with E-state index in [9.17, 15) is 4.79 Å². The van der Waals surface area contributed by atoms with Crippen LogP contribution >= 0.6 is 0 Å². The van der Waals surface area contributed by atoms with E-state index in [2.05, 4.69) is 12.2 Å². The minimum absolute atomic E-state index is 0.191. The second kappa shape index (κ2) is 5.17. The Morgan fingerprint density at radius 1 is 1.38 bits per heavy atom. The van der Waals surface area contributed by atoms with Gasteiger partial charge in [0.25, 0.3) is 0 Å². The molecule has 3 nitrogen and oxygen atoms in total. The van der Waals surface area contributed by atoms with Crippen molar-refractivity contribution in [3.05, 3.63) is 0 Å². The molecule has 3 N–H and O–H groups in total. The third-order valence-electron chi connectivity index (χ3n) is 4.32. The molecule has 16 heavy (non-hydrogen) atoms. The van der Waals surface area contributed by atoms with Crippen molar-refractivity contribution in [3.8, 4) is 0 Å². The number of rotatable bonds is 5. The SMILES string of the molecule is CC(CNC(=O)C1CCCC1CN)C1CC1. The zero-order valence-electron chi connectivity index (χ0n) is 10.2. The van der Waals surface area contributed by atoms with E-state index in [0.29, 0.717) is 18.4 Å². The van der Waals surface area contributed by atoms with E-state index in [-0.39, 0.29) is 11.8 Å². The number of hydrogen-bond donors (Lipinski definition) is 2. The van der Waals surface area contributed by atoms with Crippen molar-refractivity contribution >= 4 is 5.91 Å². The van der Waals surface area contributed by atoms with Gasteiger partial charge in [0.1, 0.15) is 0 Å². The van der Waals surface area contributed by atoms with E-state index in [1.165, 1.54) is 12.8 Å². The molecule has 3 atom stereocenters. The van der Waals surface area contributed by atoms with Crippen molar-refractivity contribution < 1.29 is 4.79 Å². The molecule has 0 saturated heterocycles. The number of carbonyl (C=O) groups is 1. The maximum atomic E-state index is 12.0. The van der Waals surface area contributed by atoms with Crippen LogP contribution in [0.15, 0.2) is 0 Å². The van der Waals surface area contributed by atoms with Gasteiger partial charge in [0.15, 0.2) is 0 Å². The normalized spacial score (nSPS) is 31.4. The Bertz CT molecular complexity index is 250. The average Bonchev–Trinajstić information content (AvgIpc) is 3.03. The van der Waals surface area contributed by atoms with Gasteiger partial charge in [-0.2, -0.15) is 0 Å². The molecule has 3 unspecified atom stereocenters. The Morgan fingerprint density at radius 3 is 2.75 bits per heavy atom. The van der Waals surface area contributed by atoms with Crippen molar-refractivity contribution in [2.75, 3.05) is 13.1 Å². The highest BCUT2D eigenvalue weighted by Gasteiger charge is 2.33. The first kappa shape index (κ1) is 11.9. The molecule has 0 aliphatic heterocycles. The van der Waals surface area contributed by atoms with Gasteiger partial charge in [-0.05, 0) is 50.0 Å². The smallest absolute Gasteiger partial charge is 0.223 e. The van der Waals surface area contributed by atoms with Gasteiger partial charge < -0.3 is 11.1 Å². The van der Waals surface area contributed by atoms with Gasteiger partial charge in [0.05, 0.1) is 0 Å². The van der Waals surface area contributed by atoms with Gasteiger partial charge in [0, 0.05) is 12.5 Å². The largest absolute Gasteiger partial charge is 0.356 e. The fourth-order valence-electron chi connectivity index (χ4n) is 2.89. The van der Waals surface area contributed by atoms with Gasteiger partial charge in [0.2, 0.25) is 5.91 Å². The third-order valence-corrected chi connectivity index (χ3v) is 4.32. The monoisotopic (exact) mass is 224 g/mol. The topological polar surface area (TPSA) is 55.1 Å². The van der Waals surface area contributed by atoms with Crippen molar-refractivity contribution in [2.24, 2.45) is 29.4 Å². The molecule has 0 aromatic carbocycles. The lowest BCUT2D eigenvalue weighted by Gasteiger charge is -2.19. The number of hydrogen-bond acceptors (Lipinski definition) is 2. The van der Waals surface area contributed by atoms with Crippen LogP contribution in [0, 0.1) is 23.7 Å². The predicted molar refractivity (Wildman–Crippen MR) is 64.8 cm³/mol. The van der Waals surface area contributed by atoms with Gasteiger partial charge in [-0.3, -0.25) is 4.79 Å². The summed E-state index contributed by atoms with van der Waals surface area (Å²) < 4.78 is 0. The highest BCUT2D eigenvalue weighted by molar-refractivity contribution is 5.79. The molecule has 0 spiro atoms. The molecule has 3 heteroatoms. The molecule has 2 fully saturated rings. The van der Waals surface area contributed by atoms with E-state index in [1.807, 2.05) is 0 Å². The summed E-state index contributed by atoms with van der Waals surface area (Å²) in [7, 11) is 0. The number of carbonyl (C=O) groups excluding carboxylic acids is 1. The fourth-order valence-corrected chi connectivity index (χ4v) is 2.89. The van der Waals surface area contributed by atoms with Gasteiger partial charge in [-0.1, -0.05) is 13.3 Å². The molecule has 0 radical (unpaired) electrons. The van der Waals surface area contributed by atoms with Crippen LogP contribution in [0.25, 0.3) is 0 Å². The highest BCUT2D eigenvalue weighted by atomic mass is 16.1. The van der Waals surface area contributed by atoms with Crippen LogP contribution in [-0.4, -0.2) is 19.0 Å².